The maximum atomic E-state index is 12.4. The number of rotatable bonds is 6. The molecule has 1 amide bonds. The molecule has 0 saturated carbocycles. The van der Waals surface area contributed by atoms with E-state index in [1.165, 1.54) is 6.08 Å². The van der Waals surface area contributed by atoms with Gasteiger partial charge in [-0.2, -0.15) is 5.26 Å². The fourth-order valence-corrected chi connectivity index (χ4v) is 3.08. The van der Waals surface area contributed by atoms with Crippen LogP contribution in [0.1, 0.15) is 22.3 Å². The molecule has 0 unspecified atom stereocenters. The number of nitrogens with one attached hydrogen (secondary N) is 1. The van der Waals surface area contributed by atoms with Crippen LogP contribution in [0.15, 0.2) is 72.3 Å². The fourth-order valence-electron chi connectivity index (χ4n) is 2.84. The van der Waals surface area contributed by atoms with Crippen LogP contribution in [0.5, 0.6) is 5.75 Å². The van der Waals surface area contributed by atoms with Crippen LogP contribution >= 0.6 is 11.6 Å². The number of nitrogens with zero attached hydrogens (tertiary/aromatic N) is 1. The number of carbonyl (C=O) groups is 1. The molecule has 3 aromatic rings. The zero-order valence-electron chi connectivity index (χ0n) is 16.8. The van der Waals surface area contributed by atoms with E-state index in [2.05, 4.69) is 11.4 Å². The van der Waals surface area contributed by atoms with E-state index in [-0.39, 0.29) is 5.57 Å². The number of aryl methyl sites for hydroxylation is 2. The average Bonchev–Trinajstić information content (AvgIpc) is 2.73. The molecular formula is C25H21ClN2O2. The van der Waals surface area contributed by atoms with Crippen LogP contribution in [-0.2, 0) is 11.4 Å². The molecular weight excluding hydrogens is 396 g/mol. The number of carbonyl (C=O) groups excluding carboxylic acids is 1. The van der Waals surface area contributed by atoms with Gasteiger partial charge in [-0.25, -0.2) is 0 Å². The molecule has 5 heteroatoms. The molecule has 1 N–H and O–H groups in total. The summed E-state index contributed by atoms with van der Waals surface area (Å²) < 4.78 is 5.80. The van der Waals surface area contributed by atoms with Gasteiger partial charge in [-0.3, -0.25) is 4.79 Å². The normalized spacial score (nSPS) is 10.9. The highest BCUT2D eigenvalue weighted by Crippen LogP contribution is 2.27. The van der Waals surface area contributed by atoms with E-state index >= 15 is 0 Å². The van der Waals surface area contributed by atoms with Gasteiger partial charge >= 0.3 is 0 Å². The van der Waals surface area contributed by atoms with Crippen molar-refractivity contribution in [2.24, 2.45) is 0 Å². The lowest BCUT2D eigenvalue weighted by Gasteiger charge is -2.09. The van der Waals surface area contributed by atoms with E-state index in [9.17, 15) is 10.1 Å². The lowest BCUT2D eigenvalue weighted by molar-refractivity contribution is -0.112. The van der Waals surface area contributed by atoms with Gasteiger partial charge in [-0.05, 0) is 55.3 Å². The first-order chi connectivity index (χ1) is 14.4. The van der Waals surface area contributed by atoms with E-state index in [1.807, 2.05) is 50.2 Å². The van der Waals surface area contributed by atoms with Crippen LogP contribution < -0.4 is 10.1 Å². The number of nitriles is 1. The minimum absolute atomic E-state index is 0.0138. The maximum absolute atomic E-state index is 12.4. The van der Waals surface area contributed by atoms with Crippen molar-refractivity contribution in [1.82, 2.24) is 0 Å². The molecule has 150 valence electrons. The molecule has 0 aliphatic heterocycles. The Kier molecular flexibility index (Phi) is 6.90. The summed E-state index contributed by atoms with van der Waals surface area (Å²) >= 11 is 6.34. The highest BCUT2D eigenvalue weighted by molar-refractivity contribution is 6.32. The molecule has 0 fully saturated rings. The van der Waals surface area contributed by atoms with Crippen molar-refractivity contribution >= 4 is 29.3 Å². The van der Waals surface area contributed by atoms with Crippen LogP contribution in [0.4, 0.5) is 5.69 Å². The van der Waals surface area contributed by atoms with Crippen LogP contribution in [0.3, 0.4) is 0 Å². The summed E-state index contributed by atoms with van der Waals surface area (Å²) in [7, 11) is 0. The smallest absolute Gasteiger partial charge is 0.266 e. The molecule has 0 aliphatic rings. The topological polar surface area (TPSA) is 62.1 Å². The van der Waals surface area contributed by atoms with Crippen molar-refractivity contribution in [3.63, 3.8) is 0 Å². The Labute approximate surface area is 181 Å². The highest BCUT2D eigenvalue weighted by atomic mass is 35.5. The number of hydrogen-bond donors (Lipinski definition) is 1. The van der Waals surface area contributed by atoms with E-state index in [0.29, 0.717) is 28.6 Å². The van der Waals surface area contributed by atoms with E-state index in [4.69, 9.17) is 16.3 Å². The molecule has 0 saturated heterocycles. The zero-order chi connectivity index (χ0) is 21.5. The third-order valence-electron chi connectivity index (χ3n) is 4.42. The molecule has 0 atom stereocenters. The standard InChI is InChI=1S/C25H21ClN2O2/c1-17-6-9-22(10-7-17)28-25(29)21(15-27)13-19-8-11-24(23(26)14-19)30-16-20-5-3-4-18(2)12-20/h3-14H,16H2,1-2H3,(H,28,29)/b21-13+. The summed E-state index contributed by atoms with van der Waals surface area (Å²) in [6.45, 7) is 4.39. The number of hydrogen-bond acceptors (Lipinski definition) is 3. The molecule has 3 rings (SSSR count). The van der Waals surface area contributed by atoms with Gasteiger partial charge < -0.3 is 10.1 Å². The van der Waals surface area contributed by atoms with Gasteiger partial charge in [0.15, 0.2) is 0 Å². The monoisotopic (exact) mass is 416 g/mol. The SMILES string of the molecule is Cc1ccc(NC(=O)/C(C#N)=C/c2ccc(OCc3cccc(C)c3)c(Cl)c2)cc1. The van der Waals surface area contributed by atoms with Crippen molar-refractivity contribution in [3.05, 3.63) is 99.6 Å². The predicted molar refractivity (Wildman–Crippen MR) is 120 cm³/mol. The lowest BCUT2D eigenvalue weighted by Crippen LogP contribution is -2.13. The number of halogens is 1. The summed E-state index contributed by atoms with van der Waals surface area (Å²) in [5.74, 6) is 0.0650. The fraction of sp³-hybridized carbons (Fsp3) is 0.120. The minimum Gasteiger partial charge on any atom is -0.487 e. The quantitative estimate of drug-likeness (QED) is 0.391. The van der Waals surface area contributed by atoms with Gasteiger partial charge in [0, 0.05) is 5.69 Å². The summed E-state index contributed by atoms with van der Waals surface area (Å²) in [5, 5.41) is 12.5. The Bertz CT molecular complexity index is 1130. The summed E-state index contributed by atoms with van der Waals surface area (Å²) in [6, 6.07) is 22.5. The average molecular weight is 417 g/mol. The number of benzene rings is 3. The van der Waals surface area contributed by atoms with Crippen molar-refractivity contribution in [2.75, 3.05) is 5.32 Å². The Balaban J connectivity index is 1.70. The van der Waals surface area contributed by atoms with Gasteiger partial charge in [0.2, 0.25) is 0 Å². The number of amides is 1. The van der Waals surface area contributed by atoms with Gasteiger partial charge in [0.1, 0.15) is 24.0 Å². The molecule has 0 heterocycles. The molecule has 4 nitrogen and oxygen atoms in total. The molecule has 0 radical (unpaired) electrons. The van der Waals surface area contributed by atoms with Crippen molar-refractivity contribution in [1.29, 1.82) is 5.26 Å². The maximum Gasteiger partial charge on any atom is 0.266 e. The van der Waals surface area contributed by atoms with Crippen LogP contribution in [0.2, 0.25) is 5.02 Å². The van der Waals surface area contributed by atoms with Crippen LogP contribution in [0, 0.1) is 25.2 Å². The van der Waals surface area contributed by atoms with Gasteiger partial charge in [0.05, 0.1) is 5.02 Å². The Hall–Kier alpha value is -3.55. The minimum atomic E-state index is -0.475. The first-order valence-electron chi connectivity index (χ1n) is 9.42. The third-order valence-corrected chi connectivity index (χ3v) is 4.71. The first kappa shape index (κ1) is 21.2. The van der Waals surface area contributed by atoms with E-state index in [1.54, 1.807) is 30.3 Å². The molecule has 30 heavy (non-hydrogen) atoms. The second-order valence-electron chi connectivity index (χ2n) is 6.96. The summed E-state index contributed by atoms with van der Waals surface area (Å²) in [6.07, 6.45) is 1.50. The van der Waals surface area contributed by atoms with Crippen molar-refractivity contribution < 1.29 is 9.53 Å². The van der Waals surface area contributed by atoms with Crippen LogP contribution in [-0.4, -0.2) is 5.91 Å². The molecule has 0 bridgehead atoms. The molecule has 0 spiro atoms. The zero-order valence-corrected chi connectivity index (χ0v) is 17.5. The molecule has 3 aromatic carbocycles. The van der Waals surface area contributed by atoms with Crippen molar-refractivity contribution in [2.45, 2.75) is 20.5 Å². The van der Waals surface area contributed by atoms with Gasteiger partial charge in [-0.15, -0.1) is 0 Å². The third kappa shape index (κ3) is 5.73. The predicted octanol–water partition coefficient (Wildman–Crippen LogP) is 6.08. The first-order valence-corrected chi connectivity index (χ1v) is 9.80. The van der Waals surface area contributed by atoms with Crippen LogP contribution in [0.25, 0.3) is 6.08 Å². The Morgan fingerprint density at radius 2 is 1.83 bits per heavy atom. The van der Waals surface area contributed by atoms with E-state index < -0.39 is 5.91 Å². The number of anilines is 1. The molecule has 0 aromatic heterocycles. The Morgan fingerprint density at radius 1 is 1.07 bits per heavy atom. The largest absolute Gasteiger partial charge is 0.487 e. The van der Waals surface area contributed by atoms with E-state index in [0.717, 1.165) is 16.7 Å². The van der Waals surface area contributed by atoms with Gasteiger partial charge in [-0.1, -0.05) is 65.2 Å². The Morgan fingerprint density at radius 3 is 2.50 bits per heavy atom. The second-order valence-corrected chi connectivity index (χ2v) is 7.36. The lowest BCUT2D eigenvalue weighted by atomic mass is 10.1. The second kappa shape index (κ2) is 9.78. The molecule has 0 aliphatic carbocycles. The summed E-state index contributed by atoms with van der Waals surface area (Å²) in [4.78, 5) is 12.4. The number of ether oxygens (including phenoxy) is 1. The highest BCUT2D eigenvalue weighted by Gasteiger charge is 2.11. The summed E-state index contributed by atoms with van der Waals surface area (Å²) in [5.41, 5.74) is 4.55. The van der Waals surface area contributed by atoms with Crippen molar-refractivity contribution in [3.8, 4) is 11.8 Å². The van der Waals surface area contributed by atoms with Gasteiger partial charge in [0.25, 0.3) is 5.91 Å².